The first kappa shape index (κ1) is 11.2. The highest BCUT2D eigenvalue weighted by molar-refractivity contribution is 5.80. The van der Waals surface area contributed by atoms with Gasteiger partial charge in [-0.15, -0.1) is 0 Å². The van der Waals surface area contributed by atoms with E-state index in [0.717, 1.165) is 11.1 Å². The molecule has 3 heteroatoms. The first-order valence-electron chi connectivity index (χ1n) is 5.31. The Bertz CT molecular complexity index is 506. The summed E-state index contributed by atoms with van der Waals surface area (Å²) in [6, 6.07) is 16.1. The lowest BCUT2D eigenvalue weighted by Gasteiger charge is -2.13. The van der Waals surface area contributed by atoms with Crippen LogP contribution in [0.5, 0.6) is 0 Å². The molecule has 3 nitrogen and oxygen atoms in total. The van der Waals surface area contributed by atoms with Gasteiger partial charge in [0, 0.05) is 5.69 Å². The van der Waals surface area contributed by atoms with E-state index in [1.54, 1.807) is 24.3 Å². The summed E-state index contributed by atoms with van der Waals surface area (Å²) in [5, 5.41) is 9.32. The molecular formula is C14H13NO2. The maximum absolute atomic E-state index is 11.4. The van der Waals surface area contributed by atoms with Crippen LogP contribution in [0.15, 0.2) is 54.6 Å². The lowest BCUT2D eigenvalue weighted by molar-refractivity contribution is -0.137. The fraction of sp³-hybridized carbons (Fsp3) is 0.0714. The van der Waals surface area contributed by atoms with E-state index >= 15 is 0 Å². The summed E-state index contributed by atoms with van der Waals surface area (Å²) in [4.78, 5) is 11.4. The number of nitrogen functional groups attached to an aromatic ring is 1. The number of carboxylic acids is 1. The van der Waals surface area contributed by atoms with Gasteiger partial charge in [0.1, 0.15) is 5.92 Å². The van der Waals surface area contributed by atoms with Gasteiger partial charge < -0.3 is 10.8 Å². The highest BCUT2D eigenvalue weighted by atomic mass is 16.4. The fourth-order valence-corrected chi connectivity index (χ4v) is 1.81. The third kappa shape index (κ3) is 2.45. The van der Waals surface area contributed by atoms with Crippen LogP contribution in [0.25, 0.3) is 0 Å². The molecule has 0 saturated heterocycles. The van der Waals surface area contributed by atoms with Crippen LogP contribution in [-0.4, -0.2) is 11.1 Å². The van der Waals surface area contributed by atoms with E-state index in [-0.39, 0.29) is 0 Å². The molecule has 86 valence electrons. The maximum atomic E-state index is 11.4. The van der Waals surface area contributed by atoms with Gasteiger partial charge in [-0.05, 0) is 23.3 Å². The van der Waals surface area contributed by atoms with Crippen molar-refractivity contribution in [3.05, 3.63) is 65.7 Å². The van der Waals surface area contributed by atoms with E-state index < -0.39 is 11.9 Å². The first-order valence-corrected chi connectivity index (χ1v) is 5.31. The molecule has 0 fully saturated rings. The van der Waals surface area contributed by atoms with Crippen molar-refractivity contribution in [3.8, 4) is 0 Å². The summed E-state index contributed by atoms with van der Waals surface area (Å²) in [5.74, 6) is -1.50. The van der Waals surface area contributed by atoms with Gasteiger partial charge in [-0.3, -0.25) is 4.79 Å². The second kappa shape index (κ2) is 4.70. The Balaban J connectivity index is 2.43. The topological polar surface area (TPSA) is 63.3 Å². The molecule has 0 aliphatic rings. The lowest BCUT2D eigenvalue weighted by atomic mass is 9.91. The van der Waals surface area contributed by atoms with Crippen molar-refractivity contribution < 1.29 is 9.90 Å². The highest BCUT2D eigenvalue weighted by Crippen LogP contribution is 2.25. The molecule has 3 N–H and O–H groups in total. The Hall–Kier alpha value is -2.29. The molecule has 2 aromatic rings. The Morgan fingerprint density at radius 1 is 0.941 bits per heavy atom. The predicted molar refractivity (Wildman–Crippen MR) is 66.8 cm³/mol. The van der Waals surface area contributed by atoms with Crippen molar-refractivity contribution in [1.29, 1.82) is 0 Å². The van der Waals surface area contributed by atoms with Crippen LogP contribution in [0, 0.1) is 0 Å². The minimum absolute atomic E-state index is 0.631. The third-order valence-corrected chi connectivity index (χ3v) is 2.65. The molecule has 17 heavy (non-hydrogen) atoms. The van der Waals surface area contributed by atoms with Crippen molar-refractivity contribution in [1.82, 2.24) is 0 Å². The van der Waals surface area contributed by atoms with Gasteiger partial charge in [0.25, 0.3) is 0 Å². The second-order valence-corrected chi connectivity index (χ2v) is 3.85. The van der Waals surface area contributed by atoms with E-state index in [2.05, 4.69) is 0 Å². The first-order chi connectivity index (χ1) is 8.18. The summed E-state index contributed by atoms with van der Waals surface area (Å²) >= 11 is 0. The molecule has 0 aliphatic heterocycles. The van der Waals surface area contributed by atoms with Crippen LogP contribution in [0.4, 0.5) is 5.69 Å². The third-order valence-electron chi connectivity index (χ3n) is 2.65. The fourth-order valence-electron chi connectivity index (χ4n) is 1.81. The minimum Gasteiger partial charge on any atom is -0.481 e. The number of rotatable bonds is 3. The zero-order valence-corrected chi connectivity index (χ0v) is 9.21. The Morgan fingerprint density at radius 3 is 2.00 bits per heavy atom. The highest BCUT2D eigenvalue weighted by Gasteiger charge is 2.21. The van der Waals surface area contributed by atoms with Gasteiger partial charge in [-0.1, -0.05) is 42.5 Å². The summed E-state index contributed by atoms with van der Waals surface area (Å²) in [5.41, 5.74) is 7.73. The van der Waals surface area contributed by atoms with Crippen molar-refractivity contribution in [3.63, 3.8) is 0 Å². The van der Waals surface area contributed by atoms with Gasteiger partial charge in [0.05, 0.1) is 0 Å². The molecule has 0 spiro atoms. The van der Waals surface area contributed by atoms with Gasteiger partial charge in [-0.25, -0.2) is 0 Å². The number of nitrogens with two attached hydrogens (primary N) is 1. The number of hydrogen-bond donors (Lipinski definition) is 2. The summed E-state index contributed by atoms with van der Waals surface area (Å²) < 4.78 is 0. The number of aliphatic carboxylic acids is 1. The Morgan fingerprint density at radius 2 is 1.47 bits per heavy atom. The summed E-state index contributed by atoms with van der Waals surface area (Å²) in [6.45, 7) is 0. The largest absolute Gasteiger partial charge is 0.481 e. The second-order valence-electron chi connectivity index (χ2n) is 3.85. The Kier molecular flexibility index (Phi) is 3.10. The molecule has 0 bridgehead atoms. The molecule has 0 aliphatic carbocycles. The van der Waals surface area contributed by atoms with Crippen molar-refractivity contribution in [2.24, 2.45) is 0 Å². The number of carboxylic acid groups (broad SMARTS) is 1. The van der Waals surface area contributed by atoms with Crippen LogP contribution < -0.4 is 5.73 Å². The predicted octanol–water partition coefficient (Wildman–Crippen LogP) is 2.49. The van der Waals surface area contributed by atoms with Gasteiger partial charge in [-0.2, -0.15) is 0 Å². The van der Waals surface area contributed by atoms with Crippen LogP contribution >= 0.6 is 0 Å². The van der Waals surface area contributed by atoms with E-state index in [4.69, 9.17) is 5.73 Å². The minimum atomic E-state index is -0.860. The van der Waals surface area contributed by atoms with Crippen molar-refractivity contribution in [2.45, 2.75) is 5.92 Å². The summed E-state index contributed by atoms with van der Waals surface area (Å²) in [7, 11) is 0. The quantitative estimate of drug-likeness (QED) is 0.792. The monoisotopic (exact) mass is 227 g/mol. The van der Waals surface area contributed by atoms with Gasteiger partial charge in [0.15, 0.2) is 0 Å². The number of anilines is 1. The van der Waals surface area contributed by atoms with Crippen molar-refractivity contribution >= 4 is 11.7 Å². The molecule has 0 heterocycles. The van der Waals surface area contributed by atoms with Crippen LogP contribution in [0.1, 0.15) is 17.0 Å². The van der Waals surface area contributed by atoms with Crippen LogP contribution in [-0.2, 0) is 4.79 Å². The smallest absolute Gasteiger partial charge is 0.315 e. The number of hydrogen-bond acceptors (Lipinski definition) is 2. The van der Waals surface area contributed by atoms with Crippen LogP contribution in [0.3, 0.4) is 0 Å². The van der Waals surface area contributed by atoms with Gasteiger partial charge >= 0.3 is 5.97 Å². The molecular weight excluding hydrogens is 214 g/mol. The normalized spacial score (nSPS) is 12.0. The van der Waals surface area contributed by atoms with E-state index in [9.17, 15) is 9.90 Å². The molecule has 0 amide bonds. The molecule has 1 unspecified atom stereocenters. The van der Waals surface area contributed by atoms with Crippen molar-refractivity contribution in [2.75, 3.05) is 5.73 Å². The molecule has 0 aromatic heterocycles. The van der Waals surface area contributed by atoms with Crippen LogP contribution in [0.2, 0.25) is 0 Å². The maximum Gasteiger partial charge on any atom is 0.315 e. The van der Waals surface area contributed by atoms with E-state index in [1.807, 2.05) is 30.3 Å². The Labute approximate surface area is 99.5 Å². The molecule has 1 atom stereocenters. The average Bonchev–Trinajstić information content (AvgIpc) is 2.33. The standard InChI is InChI=1S/C14H13NO2/c15-12-8-6-11(7-9-12)13(14(16)17)10-4-2-1-3-5-10/h1-9,13H,15H2,(H,16,17). The SMILES string of the molecule is Nc1ccc(C(C(=O)O)c2ccccc2)cc1. The molecule has 2 aromatic carbocycles. The molecule has 0 saturated carbocycles. The average molecular weight is 227 g/mol. The number of benzene rings is 2. The number of carbonyl (C=O) groups is 1. The molecule has 0 radical (unpaired) electrons. The zero-order valence-electron chi connectivity index (χ0n) is 9.21. The molecule has 2 rings (SSSR count). The zero-order chi connectivity index (χ0) is 12.3. The van der Waals surface area contributed by atoms with E-state index in [0.29, 0.717) is 5.69 Å². The lowest BCUT2D eigenvalue weighted by Crippen LogP contribution is -2.12. The van der Waals surface area contributed by atoms with E-state index in [1.165, 1.54) is 0 Å². The summed E-state index contributed by atoms with van der Waals surface area (Å²) in [6.07, 6.45) is 0. The van der Waals surface area contributed by atoms with Gasteiger partial charge in [0.2, 0.25) is 0 Å².